The minimum absolute atomic E-state index is 0.174. The van der Waals surface area contributed by atoms with E-state index in [1.165, 1.54) is 6.07 Å². The lowest BCUT2D eigenvalue weighted by Crippen LogP contribution is -2.07. The van der Waals surface area contributed by atoms with Crippen LogP contribution >= 0.6 is 11.3 Å². The molecule has 0 atom stereocenters. The van der Waals surface area contributed by atoms with Gasteiger partial charge in [-0.1, -0.05) is 24.3 Å². The highest BCUT2D eigenvalue weighted by Gasteiger charge is 2.30. The standard InChI is InChI=1S/C20H14F3N3O2S/c1-11-17(19(27)28)29-18(24-11)14-6-3-7-16-15(14)10-26(25-16)9-12-4-2-5-13(8-12)20(21,22)23/h2-8,10H,9H2,1H3,(H,27,28). The van der Waals surface area contributed by atoms with Crippen molar-refractivity contribution in [2.75, 3.05) is 0 Å². The fourth-order valence-electron chi connectivity index (χ4n) is 3.10. The summed E-state index contributed by atoms with van der Waals surface area (Å²) in [6, 6.07) is 10.5. The van der Waals surface area contributed by atoms with Crippen LogP contribution in [0.5, 0.6) is 0 Å². The van der Waals surface area contributed by atoms with Crippen LogP contribution in [0, 0.1) is 6.92 Å². The maximum Gasteiger partial charge on any atom is 0.416 e. The van der Waals surface area contributed by atoms with Crippen molar-refractivity contribution in [3.8, 4) is 10.6 Å². The molecule has 2 heterocycles. The Kier molecular flexibility index (Phi) is 4.62. The highest BCUT2D eigenvalue weighted by molar-refractivity contribution is 7.17. The van der Waals surface area contributed by atoms with Crippen molar-refractivity contribution in [3.05, 3.63) is 70.4 Å². The van der Waals surface area contributed by atoms with E-state index in [2.05, 4.69) is 10.1 Å². The van der Waals surface area contributed by atoms with Gasteiger partial charge in [0.05, 0.1) is 23.3 Å². The van der Waals surface area contributed by atoms with Crippen LogP contribution in [0.4, 0.5) is 13.2 Å². The zero-order valence-electron chi connectivity index (χ0n) is 15.1. The monoisotopic (exact) mass is 417 g/mol. The lowest BCUT2D eigenvalue weighted by atomic mass is 10.1. The van der Waals surface area contributed by atoms with E-state index in [0.29, 0.717) is 21.8 Å². The number of thiazole rings is 1. The minimum atomic E-state index is -4.40. The van der Waals surface area contributed by atoms with Crippen LogP contribution in [-0.2, 0) is 12.7 Å². The van der Waals surface area contributed by atoms with E-state index in [1.807, 2.05) is 6.07 Å². The largest absolute Gasteiger partial charge is 0.477 e. The van der Waals surface area contributed by atoms with E-state index in [1.54, 1.807) is 36.0 Å². The third-order valence-electron chi connectivity index (χ3n) is 4.42. The summed E-state index contributed by atoms with van der Waals surface area (Å²) in [4.78, 5) is 15.8. The molecule has 0 radical (unpaired) electrons. The molecule has 4 rings (SSSR count). The van der Waals surface area contributed by atoms with Crippen LogP contribution in [0.1, 0.15) is 26.5 Å². The van der Waals surface area contributed by atoms with Crippen molar-refractivity contribution in [2.24, 2.45) is 0 Å². The molecule has 9 heteroatoms. The number of carboxylic acids is 1. The fourth-order valence-corrected chi connectivity index (χ4v) is 4.05. The number of hydrogen-bond donors (Lipinski definition) is 1. The highest BCUT2D eigenvalue weighted by Crippen LogP contribution is 2.33. The van der Waals surface area contributed by atoms with E-state index >= 15 is 0 Å². The van der Waals surface area contributed by atoms with E-state index in [9.17, 15) is 23.1 Å². The Morgan fingerprint density at radius 3 is 2.66 bits per heavy atom. The summed E-state index contributed by atoms with van der Waals surface area (Å²) in [6.45, 7) is 1.82. The first-order valence-electron chi connectivity index (χ1n) is 8.56. The topological polar surface area (TPSA) is 68.0 Å². The molecule has 0 bridgehead atoms. The van der Waals surface area contributed by atoms with Gasteiger partial charge in [-0.2, -0.15) is 18.3 Å². The number of alkyl halides is 3. The van der Waals surface area contributed by atoms with Gasteiger partial charge in [-0.05, 0) is 30.7 Å². The normalized spacial score (nSPS) is 11.9. The van der Waals surface area contributed by atoms with Crippen LogP contribution in [0.15, 0.2) is 48.7 Å². The molecular weight excluding hydrogens is 403 g/mol. The minimum Gasteiger partial charge on any atom is -0.477 e. The van der Waals surface area contributed by atoms with Crippen LogP contribution in [-0.4, -0.2) is 25.8 Å². The average molecular weight is 417 g/mol. The molecule has 2 aromatic carbocycles. The number of aryl methyl sites for hydroxylation is 1. The molecule has 0 aliphatic heterocycles. The summed E-state index contributed by atoms with van der Waals surface area (Å²) in [7, 11) is 0. The van der Waals surface area contributed by atoms with Crippen molar-refractivity contribution >= 4 is 28.2 Å². The molecule has 0 saturated carbocycles. The Labute approximate surface area is 167 Å². The lowest BCUT2D eigenvalue weighted by molar-refractivity contribution is -0.137. The second-order valence-corrected chi connectivity index (χ2v) is 7.50. The first-order valence-corrected chi connectivity index (χ1v) is 9.37. The summed E-state index contributed by atoms with van der Waals surface area (Å²) in [5, 5.41) is 15.0. The zero-order valence-corrected chi connectivity index (χ0v) is 15.9. The maximum atomic E-state index is 12.9. The van der Waals surface area contributed by atoms with Crippen molar-refractivity contribution in [3.63, 3.8) is 0 Å². The quantitative estimate of drug-likeness (QED) is 0.494. The Morgan fingerprint density at radius 2 is 1.97 bits per heavy atom. The summed E-state index contributed by atoms with van der Waals surface area (Å²) < 4.78 is 40.4. The smallest absolute Gasteiger partial charge is 0.416 e. The molecule has 0 fully saturated rings. The number of aromatic carboxylic acids is 1. The van der Waals surface area contributed by atoms with Crippen molar-refractivity contribution in [2.45, 2.75) is 19.6 Å². The molecule has 0 spiro atoms. The Bertz CT molecular complexity index is 1230. The number of carboxylic acid groups (broad SMARTS) is 1. The SMILES string of the molecule is Cc1nc(-c2cccc3nn(Cc4cccc(C(F)(F)F)c4)cc23)sc1C(=O)O. The molecular formula is C20H14F3N3O2S. The van der Waals surface area contributed by atoms with Gasteiger partial charge in [-0.3, -0.25) is 4.68 Å². The van der Waals surface area contributed by atoms with Gasteiger partial charge >= 0.3 is 12.1 Å². The number of nitrogens with zero attached hydrogens (tertiary/aromatic N) is 3. The zero-order chi connectivity index (χ0) is 20.8. The number of benzene rings is 2. The molecule has 0 saturated heterocycles. The first-order chi connectivity index (χ1) is 13.7. The molecule has 4 aromatic rings. The van der Waals surface area contributed by atoms with Crippen LogP contribution in [0.2, 0.25) is 0 Å². The second-order valence-electron chi connectivity index (χ2n) is 6.50. The number of fused-ring (bicyclic) bond motifs is 1. The van der Waals surface area contributed by atoms with Crippen LogP contribution in [0.3, 0.4) is 0 Å². The Hall–Kier alpha value is -3.20. The summed E-state index contributed by atoms with van der Waals surface area (Å²) in [5.74, 6) is -1.03. The first kappa shape index (κ1) is 19.1. The van der Waals surface area contributed by atoms with Gasteiger partial charge in [0.1, 0.15) is 9.88 Å². The average Bonchev–Trinajstić information content (AvgIpc) is 3.23. The third-order valence-corrected chi connectivity index (χ3v) is 5.60. The number of carbonyl (C=O) groups is 1. The Balaban J connectivity index is 1.72. The van der Waals surface area contributed by atoms with Gasteiger partial charge in [0.25, 0.3) is 0 Å². The molecule has 0 amide bonds. The van der Waals surface area contributed by atoms with E-state index in [0.717, 1.165) is 34.4 Å². The van der Waals surface area contributed by atoms with Gasteiger partial charge in [-0.25, -0.2) is 9.78 Å². The molecule has 0 aliphatic rings. The number of aromatic nitrogens is 3. The van der Waals surface area contributed by atoms with E-state index in [-0.39, 0.29) is 11.4 Å². The van der Waals surface area contributed by atoms with Crippen molar-refractivity contribution in [1.29, 1.82) is 0 Å². The molecule has 0 aliphatic carbocycles. The molecule has 29 heavy (non-hydrogen) atoms. The molecule has 1 N–H and O–H groups in total. The van der Waals surface area contributed by atoms with Gasteiger partial charge < -0.3 is 5.11 Å². The van der Waals surface area contributed by atoms with Crippen molar-refractivity contribution < 1.29 is 23.1 Å². The summed E-state index contributed by atoms with van der Waals surface area (Å²) >= 11 is 1.08. The predicted octanol–water partition coefficient (Wildman–Crippen LogP) is 5.23. The molecule has 5 nitrogen and oxygen atoms in total. The number of hydrogen-bond acceptors (Lipinski definition) is 4. The molecule has 0 unspecified atom stereocenters. The summed E-state index contributed by atoms with van der Waals surface area (Å²) in [5.41, 5.74) is 1.60. The van der Waals surface area contributed by atoms with Gasteiger partial charge in [0.2, 0.25) is 0 Å². The number of rotatable bonds is 4. The maximum absolute atomic E-state index is 12.9. The van der Waals surface area contributed by atoms with Gasteiger partial charge in [0.15, 0.2) is 0 Å². The Morgan fingerprint density at radius 1 is 1.21 bits per heavy atom. The molecule has 148 valence electrons. The third kappa shape index (κ3) is 3.73. The highest BCUT2D eigenvalue weighted by atomic mass is 32.1. The number of halogens is 3. The fraction of sp³-hybridized carbons (Fsp3) is 0.150. The lowest BCUT2D eigenvalue weighted by Gasteiger charge is -2.08. The predicted molar refractivity (Wildman–Crippen MR) is 103 cm³/mol. The van der Waals surface area contributed by atoms with Crippen LogP contribution in [0.25, 0.3) is 21.5 Å². The van der Waals surface area contributed by atoms with Crippen molar-refractivity contribution in [1.82, 2.24) is 14.8 Å². The van der Waals surface area contributed by atoms with Crippen LogP contribution < -0.4 is 0 Å². The summed E-state index contributed by atoms with van der Waals surface area (Å²) in [6.07, 6.45) is -2.66. The molecule has 2 aromatic heterocycles. The second kappa shape index (κ2) is 7.00. The van der Waals surface area contributed by atoms with E-state index < -0.39 is 17.7 Å². The van der Waals surface area contributed by atoms with E-state index in [4.69, 9.17) is 0 Å². The van der Waals surface area contributed by atoms with Gasteiger partial charge in [-0.15, -0.1) is 11.3 Å². The van der Waals surface area contributed by atoms with Gasteiger partial charge in [0, 0.05) is 17.1 Å².